The van der Waals surface area contributed by atoms with E-state index in [-0.39, 0.29) is 12.3 Å². The van der Waals surface area contributed by atoms with Gasteiger partial charge in [0.05, 0.1) is 23.1 Å². The highest BCUT2D eigenvalue weighted by atomic mass is 16.3. The molecule has 1 aliphatic heterocycles. The molecule has 134 valence electrons. The molecule has 1 aliphatic carbocycles. The number of likely N-dealkylation sites (tertiary alicyclic amines) is 1. The Kier molecular flexibility index (Phi) is 4.07. The second-order valence-corrected chi connectivity index (χ2v) is 7.94. The van der Waals surface area contributed by atoms with Gasteiger partial charge in [0, 0.05) is 19.1 Å². The maximum atomic E-state index is 12.6. The van der Waals surface area contributed by atoms with Crippen molar-refractivity contribution in [2.45, 2.75) is 57.6 Å². The Morgan fingerprint density at radius 1 is 1.24 bits per heavy atom. The zero-order chi connectivity index (χ0) is 17.6. The number of benzene rings is 1. The van der Waals surface area contributed by atoms with E-state index in [0.717, 1.165) is 50.1 Å². The number of aromatic nitrogens is 2. The van der Waals surface area contributed by atoms with Crippen LogP contribution in [0.5, 0.6) is 0 Å². The van der Waals surface area contributed by atoms with Crippen LogP contribution in [0.2, 0.25) is 0 Å². The van der Waals surface area contributed by atoms with Crippen molar-refractivity contribution >= 4 is 16.9 Å². The number of carbonyl (C=O) groups is 1. The number of para-hydroxylation sites is 2. The van der Waals surface area contributed by atoms with Gasteiger partial charge in [0.2, 0.25) is 5.91 Å². The second-order valence-electron chi connectivity index (χ2n) is 7.94. The minimum Gasteiger partial charge on any atom is -0.389 e. The van der Waals surface area contributed by atoms with Gasteiger partial charge in [-0.15, -0.1) is 0 Å². The van der Waals surface area contributed by atoms with Crippen molar-refractivity contribution < 1.29 is 9.90 Å². The Hall–Kier alpha value is -1.88. The molecule has 1 aromatic heterocycles. The predicted octanol–water partition coefficient (Wildman–Crippen LogP) is 3.06. The summed E-state index contributed by atoms with van der Waals surface area (Å²) in [5.74, 6) is 1.46. The first-order valence-corrected chi connectivity index (χ1v) is 9.39. The number of aliphatic hydroxyl groups is 1. The molecule has 25 heavy (non-hydrogen) atoms. The molecule has 5 nitrogen and oxygen atoms in total. The smallest absolute Gasteiger partial charge is 0.225 e. The molecule has 0 radical (unpaired) electrons. The van der Waals surface area contributed by atoms with E-state index in [2.05, 4.69) is 34.7 Å². The first-order chi connectivity index (χ1) is 12.0. The molecule has 1 atom stereocenters. The summed E-state index contributed by atoms with van der Waals surface area (Å²) in [6.07, 6.45) is 4.25. The van der Waals surface area contributed by atoms with E-state index < -0.39 is 5.60 Å². The zero-order valence-electron chi connectivity index (χ0n) is 15.1. The summed E-state index contributed by atoms with van der Waals surface area (Å²) in [5, 5.41) is 10.5. The van der Waals surface area contributed by atoms with E-state index in [1.807, 2.05) is 17.9 Å². The van der Waals surface area contributed by atoms with Gasteiger partial charge in [0.1, 0.15) is 5.82 Å². The molecule has 1 saturated carbocycles. The fraction of sp³-hybridized carbons (Fsp3) is 0.600. The summed E-state index contributed by atoms with van der Waals surface area (Å²) in [5.41, 5.74) is 1.39. The maximum Gasteiger partial charge on any atom is 0.225 e. The van der Waals surface area contributed by atoms with Gasteiger partial charge < -0.3 is 14.6 Å². The normalized spacial score (nSPS) is 21.5. The molecule has 2 aromatic rings. The molecule has 5 heteroatoms. The molecule has 1 aromatic carbocycles. The van der Waals surface area contributed by atoms with E-state index in [4.69, 9.17) is 0 Å². The topological polar surface area (TPSA) is 58.4 Å². The monoisotopic (exact) mass is 341 g/mol. The lowest BCUT2D eigenvalue weighted by Gasteiger charge is -2.35. The minimum atomic E-state index is -0.828. The van der Waals surface area contributed by atoms with Gasteiger partial charge >= 0.3 is 0 Å². The molecule has 4 rings (SSSR count). The Morgan fingerprint density at radius 3 is 2.60 bits per heavy atom. The number of hydrogen-bond acceptors (Lipinski definition) is 3. The average Bonchev–Trinajstić information content (AvgIpc) is 3.38. The Bertz CT molecular complexity index is 783. The highest BCUT2D eigenvalue weighted by Gasteiger charge is 2.42. The molecule has 1 saturated heterocycles. The number of carbonyl (C=O) groups excluding carboxylic acids is 1. The van der Waals surface area contributed by atoms with Crippen molar-refractivity contribution in [3.8, 4) is 0 Å². The summed E-state index contributed by atoms with van der Waals surface area (Å²) in [4.78, 5) is 19.2. The van der Waals surface area contributed by atoms with Gasteiger partial charge in [-0.05, 0) is 57.6 Å². The van der Waals surface area contributed by atoms with Crippen LogP contribution in [0.4, 0.5) is 0 Å². The molecule has 1 unspecified atom stereocenters. The molecule has 0 bridgehead atoms. The summed E-state index contributed by atoms with van der Waals surface area (Å²) >= 11 is 0. The van der Waals surface area contributed by atoms with Gasteiger partial charge in [0.25, 0.3) is 0 Å². The number of aryl methyl sites for hydroxylation is 1. The third-order valence-corrected chi connectivity index (χ3v) is 5.92. The molecule has 1 N–H and O–H groups in total. The van der Waals surface area contributed by atoms with Crippen LogP contribution in [-0.2, 0) is 4.79 Å². The van der Waals surface area contributed by atoms with Crippen LogP contribution in [0, 0.1) is 12.8 Å². The minimum absolute atomic E-state index is 0.0996. The number of fused-ring (bicyclic) bond motifs is 1. The van der Waals surface area contributed by atoms with E-state index in [1.165, 1.54) is 5.52 Å². The van der Waals surface area contributed by atoms with E-state index >= 15 is 0 Å². The summed E-state index contributed by atoms with van der Waals surface area (Å²) < 4.78 is 2.33. The molecule has 2 fully saturated rings. The molecule has 0 spiro atoms. The lowest BCUT2D eigenvalue weighted by Crippen LogP contribution is -2.43. The number of rotatable bonds is 4. The number of hydrogen-bond donors (Lipinski definition) is 1. The summed E-state index contributed by atoms with van der Waals surface area (Å²) in [6, 6.07) is 8.64. The number of nitrogens with zero attached hydrogens (tertiary/aromatic N) is 3. The van der Waals surface area contributed by atoms with Crippen LogP contribution in [0.1, 0.15) is 50.9 Å². The highest BCUT2D eigenvalue weighted by molar-refractivity contribution is 5.78. The number of imidazole rings is 1. The lowest BCUT2D eigenvalue weighted by atomic mass is 9.94. The fourth-order valence-corrected chi connectivity index (χ4v) is 4.27. The van der Waals surface area contributed by atoms with E-state index in [1.54, 1.807) is 0 Å². The lowest BCUT2D eigenvalue weighted by molar-refractivity contribution is -0.137. The number of piperidine rings is 1. The van der Waals surface area contributed by atoms with E-state index in [0.29, 0.717) is 12.0 Å². The molecular formula is C20H27N3O2. The van der Waals surface area contributed by atoms with Crippen LogP contribution >= 0.6 is 0 Å². The van der Waals surface area contributed by atoms with Crippen molar-refractivity contribution in [3.05, 3.63) is 30.1 Å². The average molecular weight is 341 g/mol. The summed E-state index contributed by atoms with van der Waals surface area (Å²) in [6.45, 7) is 5.40. The van der Waals surface area contributed by atoms with Crippen LogP contribution in [0.25, 0.3) is 11.0 Å². The zero-order valence-corrected chi connectivity index (χ0v) is 15.1. The van der Waals surface area contributed by atoms with Crippen molar-refractivity contribution in [1.29, 1.82) is 0 Å². The molecule has 2 heterocycles. The van der Waals surface area contributed by atoms with Crippen LogP contribution in [0.3, 0.4) is 0 Å². The van der Waals surface area contributed by atoms with Gasteiger partial charge in [-0.2, -0.15) is 0 Å². The van der Waals surface area contributed by atoms with Gasteiger partial charge in [-0.3, -0.25) is 4.79 Å². The van der Waals surface area contributed by atoms with E-state index in [9.17, 15) is 9.90 Å². The third-order valence-electron chi connectivity index (χ3n) is 5.92. The van der Waals surface area contributed by atoms with Crippen LogP contribution in [0.15, 0.2) is 24.3 Å². The quantitative estimate of drug-likeness (QED) is 0.930. The first kappa shape index (κ1) is 16.6. The van der Waals surface area contributed by atoms with Crippen LogP contribution in [-0.4, -0.2) is 44.2 Å². The first-order valence-electron chi connectivity index (χ1n) is 9.39. The standard InChI is InChI=1S/C20H27N3O2/c1-14-21-17-5-3-4-6-18(17)23(14)16-9-11-22(12-10-16)19(24)13-20(2,25)15-7-8-15/h3-6,15-16,25H,7-13H2,1-2H3. The van der Waals surface area contributed by atoms with Crippen molar-refractivity contribution in [3.63, 3.8) is 0 Å². The van der Waals surface area contributed by atoms with Crippen molar-refractivity contribution in [2.24, 2.45) is 5.92 Å². The molecule has 2 aliphatic rings. The van der Waals surface area contributed by atoms with Gasteiger partial charge in [-0.1, -0.05) is 12.1 Å². The van der Waals surface area contributed by atoms with Crippen LogP contribution < -0.4 is 0 Å². The van der Waals surface area contributed by atoms with Gasteiger partial charge in [0.15, 0.2) is 0 Å². The Balaban J connectivity index is 1.42. The maximum absolute atomic E-state index is 12.6. The summed E-state index contributed by atoms with van der Waals surface area (Å²) in [7, 11) is 0. The predicted molar refractivity (Wildman–Crippen MR) is 97.3 cm³/mol. The Morgan fingerprint density at radius 2 is 1.92 bits per heavy atom. The van der Waals surface area contributed by atoms with Crippen molar-refractivity contribution in [2.75, 3.05) is 13.1 Å². The fourth-order valence-electron chi connectivity index (χ4n) is 4.27. The largest absolute Gasteiger partial charge is 0.389 e. The SMILES string of the molecule is Cc1nc2ccccc2n1C1CCN(C(=O)CC(C)(O)C2CC2)CC1. The van der Waals surface area contributed by atoms with Crippen molar-refractivity contribution in [1.82, 2.24) is 14.5 Å². The second kappa shape index (κ2) is 6.13. The van der Waals surface area contributed by atoms with Gasteiger partial charge in [-0.25, -0.2) is 4.98 Å². The molecular weight excluding hydrogens is 314 g/mol. The molecule has 1 amide bonds. The third kappa shape index (κ3) is 3.17. The highest BCUT2D eigenvalue weighted by Crippen LogP contribution is 2.41. The number of amides is 1. The Labute approximate surface area is 148 Å².